The van der Waals surface area contributed by atoms with Gasteiger partial charge < -0.3 is 10.6 Å². The lowest BCUT2D eigenvalue weighted by atomic mass is 10.0. The van der Waals surface area contributed by atoms with Crippen LogP contribution in [0.1, 0.15) is 32.1 Å². The van der Waals surface area contributed by atoms with Gasteiger partial charge in [0.05, 0.1) is 0 Å². The third-order valence-electron chi connectivity index (χ3n) is 4.73. The zero-order valence-corrected chi connectivity index (χ0v) is 10.3. The molecular formula is C13H25N3. The maximum atomic E-state index is 5.76. The molecule has 1 atom stereocenters. The van der Waals surface area contributed by atoms with Gasteiger partial charge in [0, 0.05) is 18.6 Å². The van der Waals surface area contributed by atoms with E-state index in [2.05, 4.69) is 9.80 Å². The van der Waals surface area contributed by atoms with Crippen LogP contribution in [-0.4, -0.2) is 54.6 Å². The molecule has 0 spiro atoms. The second kappa shape index (κ2) is 4.63. The fourth-order valence-electron chi connectivity index (χ4n) is 3.44. The van der Waals surface area contributed by atoms with E-state index in [9.17, 15) is 0 Å². The van der Waals surface area contributed by atoms with E-state index in [0.29, 0.717) is 0 Å². The molecule has 3 aliphatic rings. The lowest BCUT2D eigenvalue weighted by Gasteiger charge is -2.37. The third-order valence-corrected chi connectivity index (χ3v) is 4.73. The topological polar surface area (TPSA) is 32.5 Å². The summed E-state index contributed by atoms with van der Waals surface area (Å²) in [5, 5.41) is 0. The minimum absolute atomic E-state index is 0.779. The summed E-state index contributed by atoms with van der Waals surface area (Å²) in [5.41, 5.74) is 5.76. The zero-order chi connectivity index (χ0) is 11.0. The van der Waals surface area contributed by atoms with E-state index >= 15 is 0 Å². The summed E-state index contributed by atoms with van der Waals surface area (Å²) in [6.45, 7) is 6.15. The Kier molecular flexibility index (Phi) is 3.18. The van der Waals surface area contributed by atoms with Crippen molar-refractivity contribution in [3.8, 4) is 0 Å². The number of nitrogens with two attached hydrogens (primary N) is 1. The molecular weight excluding hydrogens is 198 g/mol. The summed E-state index contributed by atoms with van der Waals surface area (Å²) in [6.07, 6.45) is 7.05. The largest absolute Gasteiger partial charge is 0.330 e. The van der Waals surface area contributed by atoms with Gasteiger partial charge in [0.1, 0.15) is 0 Å². The lowest BCUT2D eigenvalue weighted by molar-refractivity contribution is 0.119. The summed E-state index contributed by atoms with van der Waals surface area (Å²) in [5.74, 6) is 0.779. The van der Waals surface area contributed by atoms with Gasteiger partial charge in [0.25, 0.3) is 0 Å². The second-order valence-electron chi connectivity index (χ2n) is 5.88. The Balaban J connectivity index is 1.46. The van der Waals surface area contributed by atoms with Gasteiger partial charge in [-0.3, -0.25) is 4.90 Å². The molecule has 3 fully saturated rings. The molecule has 92 valence electrons. The molecule has 0 amide bonds. The van der Waals surface area contributed by atoms with Crippen molar-refractivity contribution >= 4 is 0 Å². The van der Waals surface area contributed by atoms with Crippen LogP contribution >= 0.6 is 0 Å². The van der Waals surface area contributed by atoms with E-state index in [0.717, 1.165) is 24.5 Å². The summed E-state index contributed by atoms with van der Waals surface area (Å²) >= 11 is 0. The molecule has 0 radical (unpaired) electrons. The number of rotatable bonds is 3. The number of likely N-dealkylation sites (tertiary alicyclic amines) is 2. The Bertz CT molecular complexity index is 231. The van der Waals surface area contributed by atoms with Crippen molar-refractivity contribution in [1.82, 2.24) is 9.80 Å². The van der Waals surface area contributed by atoms with Gasteiger partial charge in [0.2, 0.25) is 0 Å². The maximum absolute atomic E-state index is 5.76. The Morgan fingerprint density at radius 3 is 2.00 bits per heavy atom. The van der Waals surface area contributed by atoms with Crippen LogP contribution < -0.4 is 5.73 Å². The summed E-state index contributed by atoms with van der Waals surface area (Å²) in [7, 11) is 0. The van der Waals surface area contributed by atoms with Gasteiger partial charge in [-0.15, -0.1) is 0 Å². The van der Waals surface area contributed by atoms with Gasteiger partial charge in [0.15, 0.2) is 0 Å². The Morgan fingerprint density at radius 1 is 0.812 bits per heavy atom. The maximum Gasteiger partial charge on any atom is 0.0120 e. The highest BCUT2D eigenvalue weighted by molar-refractivity contribution is 4.91. The van der Waals surface area contributed by atoms with E-state index in [1.165, 1.54) is 58.3 Å². The van der Waals surface area contributed by atoms with E-state index in [-0.39, 0.29) is 0 Å². The van der Waals surface area contributed by atoms with Crippen molar-refractivity contribution in [3.63, 3.8) is 0 Å². The van der Waals surface area contributed by atoms with Crippen molar-refractivity contribution in [2.75, 3.05) is 32.7 Å². The van der Waals surface area contributed by atoms with Gasteiger partial charge in [-0.05, 0) is 64.2 Å². The monoisotopic (exact) mass is 223 g/mol. The van der Waals surface area contributed by atoms with Crippen molar-refractivity contribution in [1.29, 1.82) is 0 Å². The van der Waals surface area contributed by atoms with E-state index in [4.69, 9.17) is 5.73 Å². The molecule has 2 aliphatic heterocycles. The number of hydrogen-bond donors (Lipinski definition) is 1. The quantitative estimate of drug-likeness (QED) is 0.771. The Hall–Kier alpha value is -0.120. The highest BCUT2D eigenvalue weighted by Gasteiger charge is 2.34. The van der Waals surface area contributed by atoms with Crippen LogP contribution in [0.3, 0.4) is 0 Å². The molecule has 16 heavy (non-hydrogen) atoms. The van der Waals surface area contributed by atoms with Crippen LogP contribution in [0.5, 0.6) is 0 Å². The third kappa shape index (κ3) is 2.27. The molecule has 2 N–H and O–H groups in total. The SMILES string of the molecule is NCC1CCN(C2CCN(C3CC3)CC2)C1. The number of piperidine rings is 1. The number of nitrogens with zero attached hydrogens (tertiary/aromatic N) is 2. The van der Waals surface area contributed by atoms with Crippen LogP contribution in [-0.2, 0) is 0 Å². The van der Waals surface area contributed by atoms with Gasteiger partial charge in [-0.2, -0.15) is 0 Å². The minimum Gasteiger partial charge on any atom is -0.330 e. The fraction of sp³-hybridized carbons (Fsp3) is 1.00. The smallest absolute Gasteiger partial charge is 0.0120 e. The van der Waals surface area contributed by atoms with Gasteiger partial charge >= 0.3 is 0 Å². The summed E-state index contributed by atoms with van der Waals surface area (Å²) < 4.78 is 0. The highest BCUT2D eigenvalue weighted by Crippen LogP contribution is 2.31. The first-order valence-corrected chi connectivity index (χ1v) is 7.05. The molecule has 1 saturated carbocycles. The molecule has 0 aromatic carbocycles. The minimum atomic E-state index is 0.779. The summed E-state index contributed by atoms with van der Waals surface area (Å²) in [6, 6.07) is 1.84. The Morgan fingerprint density at radius 2 is 1.44 bits per heavy atom. The van der Waals surface area contributed by atoms with E-state index in [1.54, 1.807) is 0 Å². The fourth-order valence-corrected chi connectivity index (χ4v) is 3.44. The molecule has 3 heteroatoms. The van der Waals surface area contributed by atoms with Crippen LogP contribution in [0.25, 0.3) is 0 Å². The van der Waals surface area contributed by atoms with Gasteiger partial charge in [-0.25, -0.2) is 0 Å². The molecule has 1 unspecified atom stereocenters. The average molecular weight is 223 g/mol. The van der Waals surface area contributed by atoms with Crippen LogP contribution in [0.4, 0.5) is 0 Å². The van der Waals surface area contributed by atoms with E-state index in [1.807, 2.05) is 0 Å². The first-order valence-electron chi connectivity index (χ1n) is 7.05. The van der Waals surface area contributed by atoms with Crippen LogP contribution in [0.2, 0.25) is 0 Å². The van der Waals surface area contributed by atoms with Crippen molar-refractivity contribution in [2.45, 2.75) is 44.2 Å². The van der Waals surface area contributed by atoms with E-state index < -0.39 is 0 Å². The van der Waals surface area contributed by atoms with Crippen molar-refractivity contribution in [3.05, 3.63) is 0 Å². The predicted molar refractivity (Wildman–Crippen MR) is 66.4 cm³/mol. The molecule has 3 nitrogen and oxygen atoms in total. The number of hydrogen-bond acceptors (Lipinski definition) is 3. The van der Waals surface area contributed by atoms with Gasteiger partial charge in [-0.1, -0.05) is 0 Å². The molecule has 0 aromatic rings. The van der Waals surface area contributed by atoms with Crippen molar-refractivity contribution < 1.29 is 0 Å². The summed E-state index contributed by atoms with van der Waals surface area (Å²) in [4.78, 5) is 5.43. The lowest BCUT2D eigenvalue weighted by Crippen LogP contribution is -2.44. The molecule has 2 heterocycles. The molecule has 2 saturated heterocycles. The molecule has 3 rings (SSSR count). The average Bonchev–Trinajstić information content (AvgIpc) is 3.07. The van der Waals surface area contributed by atoms with Crippen LogP contribution in [0, 0.1) is 5.92 Å². The van der Waals surface area contributed by atoms with Crippen LogP contribution in [0.15, 0.2) is 0 Å². The highest BCUT2D eigenvalue weighted by atomic mass is 15.2. The van der Waals surface area contributed by atoms with Crippen molar-refractivity contribution in [2.24, 2.45) is 11.7 Å². The molecule has 0 aromatic heterocycles. The predicted octanol–water partition coefficient (Wildman–Crippen LogP) is 0.894. The molecule has 0 bridgehead atoms. The standard InChI is InChI=1S/C13H25N3/c14-9-11-3-6-16(10-11)13-4-7-15(8-5-13)12-1-2-12/h11-13H,1-10,14H2. The first kappa shape index (κ1) is 11.0. The first-order chi connectivity index (χ1) is 7.86. The normalized spacial score (nSPS) is 34.7. The second-order valence-corrected chi connectivity index (χ2v) is 5.88. The zero-order valence-electron chi connectivity index (χ0n) is 10.3. The molecule has 1 aliphatic carbocycles. The Labute approximate surface area is 99.0 Å².